The van der Waals surface area contributed by atoms with Crippen LogP contribution in [0.3, 0.4) is 0 Å². The molecule has 4 aliphatic rings. The number of aromatic nitrogens is 1. The van der Waals surface area contributed by atoms with Gasteiger partial charge in [0.2, 0.25) is 5.91 Å². The number of thiocarbonyl (C=S) groups is 1. The van der Waals surface area contributed by atoms with Crippen LogP contribution in [0.4, 0.5) is 24.5 Å². The van der Waals surface area contributed by atoms with Crippen molar-refractivity contribution in [2.24, 2.45) is 5.92 Å². The third-order valence-corrected chi connectivity index (χ3v) is 16.3. The van der Waals surface area contributed by atoms with Gasteiger partial charge in [-0.05, 0) is 136 Å². The zero-order chi connectivity index (χ0) is 55.6. The number of aliphatic hydroxyl groups excluding tert-OH is 1. The zero-order valence-electron chi connectivity index (χ0n) is 44.0. The summed E-state index contributed by atoms with van der Waals surface area (Å²) < 4.78 is 66.5. The number of amides is 3. The molecule has 2 unspecified atom stereocenters. The van der Waals surface area contributed by atoms with Crippen LogP contribution in [0, 0.1) is 24.2 Å². The van der Waals surface area contributed by atoms with Crippen molar-refractivity contribution in [1.82, 2.24) is 14.8 Å². The molecule has 2 saturated heterocycles. The number of benzene rings is 4. The maximum Gasteiger partial charge on any atom is 0.417 e. The number of β-amino-alcohol motifs (C(OH)–C–C–N with tert-alkyl or cyclic N) is 1. The summed E-state index contributed by atoms with van der Waals surface area (Å²) in [4.78, 5) is 66.8. The van der Waals surface area contributed by atoms with Crippen LogP contribution in [0.25, 0.3) is 10.4 Å². The number of carbonyl (C=O) groups is 4. The smallest absolute Gasteiger partial charge is 0.417 e. The van der Waals surface area contributed by atoms with E-state index in [9.17, 15) is 42.7 Å². The molecule has 1 N–H and O–H groups in total. The Morgan fingerprint density at radius 1 is 0.936 bits per heavy atom. The molecular formula is C58H61F3N6O9S2. The molecule has 15 nitrogen and oxygen atoms in total. The van der Waals surface area contributed by atoms with Crippen molar-refractivity contribution in [3.63, 3.8) is 0 Å². The zero-order valence-corrected chi connectivity index (χ0v) is 45.6. The van der Waals surface area contributed by atoms with Crippen LogP contribution >= 0.6 is 23.6 Å². The number of aryl methyl sites for hydroxylation is 2. The van der Waals surface area contributed by atoms with E-state index in [4.69, 9.17) is 31.2 Å². The van der Waals surface area contributed by atoms with Crippen LogP contribution in [0.5, 0.6) is 11.5 Å². The fraction of sp³-hybridized carbons (Fsp3) is 0.431. The molecule has 3 aliphatic heterocycles. The molecule has 1 aliphatic carbocycles. The molecule has 410 valence electrons. The first-order chi connectivity index (χ1) is 37.3. The molecule has 0 bridgehead atoms. The molecule has 5 aromatic rings. The van der Waals surface area contributed by atoms with Crippen molar-refractivity contribution >= 4 is 63.5 Å². The van der Waals surface area contributed by atoms with Crippen LogP contribution in [0.15, 0.2) is 90.4 Å². The lowest BCUT2D eigenvalue weighted by Crippen LogP contribution is -2.54. The summed E-state index contributed by atoms with van der Waals surface area (Å²) in [6.07, 6.45) is -2.95. The number of carbonyl (C=O) groups excluding carboxylic acids is 4. The van der Waals surface area contributed by atoms with E-state index in [-0.39, 0.29) is 92.3 Å². The van der Waals surface area contributed by atoms with Crippen LogP contribution in [0.1, 0.15) is 98.1 Å². The summed E-state index contributed by atoms with van der Waals surface area (Å²) in [5, 5.41) is 20.1. The molecular weight excluding hydrogens is 1050 g/mol. The minimum atomic E-state index is -4.81. The van der Waals surface area contributed by atoms with Gasteiger partial charge in [0, 0.05) is 37.2 Å². The Labute approximate surface area is 460 Å². The topological polar surface area (TPSA) is 175 Å². The molecule has 1 saturated carbocycles. The van der Waals surface area contributed by atoms with Gasteiger partial charge in [-0.2, -0.15) is 18.4 Å². The van der Waals surface area contributed by atoms with Gasteiger partial charge in [-0.25, -0.2) is 4.98 Å². The second-order valence-electron chi connectivity index (χ2n) is 20.8. The normalized spacial score (nSPS) is 20.4. The number of Topliss-reactive ketones (excluding diaryl/α,β-unsaturated/α-hetero) is 1. The number of likely N-dealkylation sites (tertiary alicyclic amines) is 1. The number of fused-ring (bicyclic) bond motifs is 1. The number of nitrogens with zero attached hydrogens (tertiary/aromatic N) is 6. The third kappa shape index (κ3) is 11.5. The first-order valence-corrected chi connectivity index (χ1v) is 27.4. The first-order valence-electron chi connectivity index (χ1n) is 26.1. The average molecular weight is 1110 g/mol. The number of ketones is 1. The van der Waals surface area contributed by atoms with Crippen LogP contribution in [-0.4, -0.2) is 117 Å². The summed E-state index contributed by atoms with van der Waals surface area (Å²) in [5.74, 6) is -0.375. The maximum absolute atomic E-state index is 14.3. The Balaban J connectivity index is 0.770. The lowest BCUT2D eigenvalue weighted by Gasteiger charge is -2.35. The molecule has 4 aromatic carbocycles. The fourth-order valence-electron chi connectivity index (χ4n) is 11.0. The fourth-order valence-corrected chi connectivity index (χ4v) is 12.3. The Kier molecular flexibility index (Phi) is 16.7. The summed E-state index contributed by atoms with van der Waals surface area (Å²) >= 11 is 7.20. The molecule has 0 spiro atoms. The number of aliphatic hydroxyl groups is 1. The number of thiazole rings is 1. The SMILES string of the molecule is Cc1ncsc1-c1ccc(CCC(=O)C2C[C@@H](O)CN2C(=O)[C@H](C(C)C)N2Cc3ccccc3C2=O)c(OCCO[C@@H]2CCCC2OCCOc2ccc(N3C(=S)N(c4ccc(C#N)c(C(F)(F)F)c4)C(=O)C3(C)C)cc2)c1. The van der Waals surface area contributed by atoms with E-state index in [1.54, 1.807) is 71.6 Å². The van der Waals surface area contributed by atoms with Gasteiger partial charge in [-0.1, -0.05) is 44.2 Å². The number of ether oxygens (including phenoxy) is 4. The van der Waals surface area contributed by atoms with Gasteiger partial charge in [-0.3, -0.25) is 24.1 Å². The highest BCUT2D eigenvalue weighted by molar-refractivity contribution is 7.81. The van der Waals surface area contributed by atoms with E-state index < -0.39 is 46.9 Å². The van der Waals surface area contributed by atoms with Crippen LogP contribution in [-0.2, 0) is 43.0 Å². The molecule has 3 fully saturated rings. The number of rotatable bonds is 20. The molecule has 4 heterocycles. The standard InChI is InChI=1S/C58H61F3N6O9S2/c1-34(2)51(65-31-39-9-6-7-10-44(39)53(65)70)54(71)64-32-42(68)29-46(64)47(69)22-16-36-13-14-37(52-35(3)63-33-78-52)27-50(36)76-26-25-75-49-12-8-11-48(49)74-24-23-73-43-20-18-40(19-21-43)67-56(77)66(55(72)57(67,4)5)41-17-15-38(30-62)45(28-41)58(59,60)61/h6-7,9-10,13-15,17-21,27-28,33-34,42,46,48-49,51,68H,8,11-12,16,22-26,29,31-32H2,1-5H3/t42-,46?,48?,49-,51+/m1/s1. The van der Waals surface area contributed by atoms with E-state index in [0.717, 1.165) is 63.6 Å². The largest absolute Gasteiger partial charge is 0.491 e. The quantitative estimate of drug-likeness (QED) is 0.0577. The molecule has 78 heavy (non-hydrogen) atoms. The van der Waals surface area contributed by atoms with Crippen molar-refractivity contribution in [3.8, 4) is 28.0 Å². The monoisotopic (exact) mass is 1110 g/mol. The van der Waals surface area contributed by atoms with Crippen LogP contribution in [0.2, 0.25) is 0 Å². The Morgan fingerprint density at radius 2 is 1.63 bits per heavy atom. The van der Waals surface area contributed by atoms with Crippen molar-refractivity contribution in [1.29, 1.82) is 5.26 Å². The van der Waals surface area contributed by atoms with Gasteiger partial charge in [0.05, 0.1) is 76.5 Å². The predicted octanol–water partition coefficient (Wildman–Crippen LogP) is 9.48. The number of hydrogen-bond acceptors (Lipinski definition) is 13. The highest BCUT2D eigenvalue weighted by atomic mass is 32.1. The molecule has 20 heteroatoms. The Bertz CT molecular complexity index is 3120. The summed E-state index contributed by atoms with van der Waals surface area (Å²) in [7, 11) is 0. The first kappa shape index (κ1) is 56.0. The minimum absolute atomic E-state index is 0.0104. The lowest BCUT2D eigenvalue weighted by atomic mass is 9.97. The lowest BCUT2D eigenvalue weighted by molar-refractivity contribution is -0.142. The van der Waals surface area contributed by atoms with Crippen LogP contribution < -0.4 is 19.3 Å². The molecule has 5 atom stereocenters. The second kappa shape index (κ2) is 23.3. The van der Waals surface area contributed by atoms with E-state index in [2.05, 4.69) is 4.98 Å². The number of anilines is 2. The van der Waals surface area contributed by atoms with Crippen molar-refractivity contribution in [2.45, 2.75) is 122 Å². The van der Waals surface area contributed by atoms with Gasteiger partial charge in [-0.15, -0.1) is 11.3 Å². The summed E-state index contributed by atoms with van der Waals surface area (Å²) in [6.45, 7) is 10.3. The number of nitriles is 1. The van der Waals surface area contributed by atoms with E-state index in [1.807, 2.05) is 51.1 Å². The van der Waals surface area contributed by atoms with Crippen molar-refractivity contribution < 1.29 is 56.4 Å². The highest BCUT2D eigenvalue weighted by Crippen LogP contribution is 2.41. The predicted molar refractivity (Wildman–Crippen MR) is 290 cm³/mol. The van der Waals surface area contributed by atoms with Gasteiger partial charge < -0.3 is 38.8 Å². The Morgan fingerprint density at radius 3 is 2.28 bits per heavy atom. The summed E-state index contributed by atoms with van der Waals surface area (Å²) in [5.41, 5.74) is 3.30. The summed E-state index contributed by atoms with van der Waals surface area (Å²) in [6, 6.07) is 23.1. The molecule has 1 aromatic heterocycles. The second-order valence-corrected chi connectivity index (χ2v) is 22.0. The Hall–Kier alpha value is -6.76. The van der Waals surface area contributed by atoms with Gasteiger partial charge in [0.25, 0.3) is 11.8 Å². The molecule has 0 radical (unpaired) electrons. The minimum Gasteiger partial charge on any atom is -0.491 e. The number of hydrogen-bond donors (Lipinski definition) is 1. The maximum atomic E-state index is 14.3. The molecule has 3 amide bonds. The average Bonchev–Trinajstić information content (AvgIpc) is 4.39. The highest BCUT2D eigenvalue weighted by Gasteiger charge is 2.51. The van der Waals surface area contributed by atoms with E-state index in [0.29, 0.717) is 35.7 Å². The number of halogens is 3. The van der Waals surface area contributed by atoms with Gasteiger partial charge >= 0.3 is 6.18 Å². The number of alkyl halides is 3. The van der Waals surface area contributed by atoms with Crippen molar-refractivity contribution in [2.75, 3.05) is 42.8 Å². The molecule has 9 rings (SSSR count). The van der Waals surface area contributed by atoms with E-state index in [1.165, 1.54) is 22.3 Å². The third-order valence-electron chi connectivity index (χ3n) is 14.9. The van der Waals surface area contributed by atoms with Gasteiger partial charge in [0.1, 0.15) is 36.3 Å². The van der Waals surface area contributed by atoms with E-state index >= 15 is 0 Å². The van der Waals surface area contributed by atoms with Gasteiger partial charge in [0.15, 0.2) is 10.9 Å². The van der Waals surface area contributed by atoms with Crippen molar-refractivity contribution in [3.05, 3.63) is 124 Å².